The molecule has 0 N–H and O–H groups in total. The van der Waals surface area contributed by atoms with E-state index in [9.17, 15) is 0 Å². The molecule has 0 amide bonds. The van der Waals surface area contributed by atoms with Crippen LogP contribution in [0, 0.1) is 0 Å². The normalized spacial score (nSPS) is 11.3. The Kier molecular flexibility index (Phi) is 21.1. The Morgan fingerprint density at radius 3 is 1.33 bits per heavy atom. The van der Waals surface area contributed by atoms with E-state index >= 15 is 0 Å². The van der Waals surface area contributed by atoms with Crippen molar-refractivity contribution in [2.45, 2.75) is 88.5 Å². The maximum Gasteiger partial charge on any atom is -0.0171 e. The van der Waals surface area contributed by atoms with E-state index in [1.165, 1.54) is 66.8 Å². The van der Waals surface area contributed by atoms with Crippen molar-refractivity contribution in [3.05, 3.63) is 163 Å². The van der Waals surface area contributed by atoms with Crippen LogP contribution in [-0.2, 0) is 0 Å². The zero-order valence-corrected chi connectivity index (χ0v) is 32.2. The summed E-state index contributed by atoms with van der Waals surface area (Å²) in [5.74, 6) is 0. The molecule has 4 aromatic carbocycles. The molecule has 4 rings (SSSR count). The van der Waals surface area contributed by atoms with Crippen LogP contribution in [0.4, 0.5) is 0 Å². The van der Waals surface area contributed by atoms with Crippen LogP contribution >= 0.6 is 0 Å². The Hall–Kier alpha value is -4.68. The fourth-order valence-corrected chi connectivity index (χ4v) is 5.56. The van der Waals surface area contributed by atoms with Crippen molar-refractivity contribution in [3.63, 3.8) is 0 Å². The van der Waals surface area contributed by atoms with E-state index in [1.54, 1.807) is 0 Å². The Labute approximate surface area is 301 Å². The van der Waals surface area contributed by atoms with Gasteiger partial charge in [0.1, 0.15) is 0 Å². The van der Waals surface area contributed by atoms with Crippen molar-refractivity contribution in [3.8, 4) is 33.4 Å². The SMILES string of the molecule is C=C/C=C(\CC)c1cccc(-c2cc(-c3cccc(/C(C=C)=C/CC)c3)cc(-c3cccc(C(/C=C\C)=C/CC)c3)c2)c1.CC.CC.CC. The van der Waals surface area contributed by atoms with E-state index in [1.807, 2.05) is 53.7 Å². The number of benzene rings is 4. The predicted octanol–water partition coefficient (Wildman–Crippen LogP) is 16.1. The number of rotatable bonds is 12. The van der Waals surface area contributed by atoms with E-state index in [0.29, 0.717) is 0 Å². The highest BCUT2D eigenvalue weighted by Gasteiger charge is 2.11. The van der Waals surface area contributed by atoms with Gasteiger partial charge in [-0.2, -0.15) is 0 Å². The first-order chi connectivity index (χ1) is 24.0. The van der Waals surface area contributed by atoms with Crippen molar-refractivity contribution >= 4 is 16.7 Å². The molecule has 0 aromatic heterocycles. The van der Waals surface area contributed by atoms with Crippen molar-refractivity contribution in [1.29, 1.82) is 0 Å². The maximum absolute atomic E-state index is 4.07. The molecule has 258 valence electrons. The molecular formula is C49H62. The molecule has 0 fully saturated rings. The van der Waals surface area contributed by atoms with Crippen LogP contribution in [-0.4, -0.2) is 0 Å². The first-order valence-corrected chi connectivity index (χ1v) is 18.5. The summed E-state index contributed by atoms with van der Waals surface area (Å²) < 4.78 is 0. The lowest BCUT2D eigenvalue weighted by Gasteiger charge is -2.14. The number of hydrogen-bond donors (Lipinski definition) is 0. The summed E-state index contributed by atoms with van der Waals surface area (Å²) in [5.41, 5.74) is 14.6. The standard InChI is InChI=1S/C43H44.3C2H6/c1-7-16-32(11-5)35-20-13-23-38(26-35)41-29-42(39-24-14-21-36(27-39)33(12-6)17-8-2)31-43(30-41)40-25-15-22-37(28-40)34(18-9-3)19-10-4;3*1-2/h7,9,12-31H,1,6,8,10-11H2,2-5H3;3*1-2H3/b18-9-,32-16+,33-17+,34-19+;;;. The lowest BCUT2D eigenvalue weighted by atomic mass is 9.90. The lowest BCUT2D eigenvalue weighted by Crippen LogP contribution is -1.90. The van der Waals surface area contributed by atoms with Crippen LogP contribution in [0.25, 0.3) is 50.1 Å². The van der Waals surface area contributed by atoms with E-state index in [2.05, 4.69) is 162 Å². The van der Waals surface area contributed by atoms with Gasteiger partial charge in [-0.05, 0) is 129 Å². The quantitative estimate of drug-likeness (QED) is 0.134. The van der Waals surface area contributed by atoms with E-state index in [4.69, 9.17) is 0 Å². The molecule has 0 heteroatoms. The molecule has 0 aliphatic carbocycles. The lowest BCUT2D eigenvalue weighted by molar-refractivity contribution is 1.23. The highest BCUT2D eigenvalue weighted by Crippen LogP contribution is 2.36. The summed E-state index contributed by atoms with van der Waals surface area (Å²) in [4.78, 5) is 0. The average Bonchev–Trinajstić information content (AvgIpc) is 3.18. The minimum absolute atomic E-state index is 0.955. The van der Waals surface area contributed by atoms with Gasteiger partial charge in [-0.1, -0.05) is 173 Å². The van der Waals surface area contributed by atoms with E-state index in [-0.39, 0.29) is 0 Å². The molecule has 0 unspecified atom stereocenters. The molecular weight excluding hydrogens is 589 g/mol. The molecule has 0 atom stereocenters. The zero-order valence-electron chi connectivity index (χ0n) is 32.2. The Morgan fingerprint density at radius 1 is 0.531 bits per heavy atom. The monoisotopic (exact) mass is 650 g/mol. The summed E-state index contributed by atoms with van der Waals surface area (Å²) in [6.07, 6.45) is 17.7. The van der Waals surface area contributed by atoms with Gasteiger partial charge in [-0.15, -0.1) is 0 Å². The van der Waals surface area contributed by atoms with Crippen LogP contribution in [0.15, 0.2) is 147 Å². The Bertz CT molecular complexity index is 1700. The zero-order chi connectivity index (χ0) is 36.6. The summed E-state index contributed by atoms with van der Waals surface area (Å²) in [6, 6.07) is 33.6. The minimum atomic E-state index is 0.955. The van der Waals surface area contributed by atoms with Gasteiger partial charge in [0, 0.05) is 0 Å². The third-order valence-corrected chi connectivity index (χ3v) is 7.67. The highest BCUT2D eigenvalue weighted by molar-refractivity contribution is 5.85. The molecule has 0 aliphatic rings. The second-order valence-electron chi connectivity index (χ2n) is 10.7. The largest absolute Gasteiger partial charge is 0.0991 e. The van der Waals surface area contributed by atoms with Crippen LogP contribution in [0.3, 0.4) is 0 Å². The van der Waals surface area contributed by atoms with Gasteiger partial charge in [-0.3, -0.25) is 0 Å². The Morgan fingerprint density at radius 2 is 0.939 bits per heavy atom. The fraction of sp³-hybridized carbons (Fsp3) is 0.265. The highest BCUT2D eigenvalue weighted by atomic mass is 14.2. The van der Waals surface area contributed by atoms with Crippen LogP contribution in [0.5, 0.6) is 0 Å². The van der Waals surface area contributed by atoms with Gasteiger partial charge in [0.25, 0.3) is 0 Å². The summed E-state index contributed by atoms with van der Waals surface area (Å²) in [5, 5.41) is 0. The number of hydrogen-bond acceptors (Lipinski definition) is 0. The predicted molar refractivity (Wildman–Crippen MR) is 227 cm³/mol. The summed E-state index contributed by atoms with van der Waals surface area (Å²) in [7, 11) is 0. The molecule has 49 heavy (non-hydrogen) atoms. The first-order valence-electron chi connectivity index (χ1n) is 18.5. The van der Waals surface area contributed by atoms with Gasteiger partial charge in [-0.25, -0.2) is 0 Å². The van der Waals surface area contributed by atoms with Crippen molar-refractivity contribution in [1.82, 2.24) is 0 Å². The Balaban J connectivity index is 0.00000189. The second kappa shape index (κ2) is 24.5. The van der Waals surface area contributed by atoms with Crippen LogP contribution in [0.2, 0.25) is 0 Å². The topological polar surface area (TPSA) is 0 Å². The number of allylic oxidation sites excluding steroid dienone is 10. The van der Waals surface area contributed by atoms with Crippen molar-refractivity contribution in [2.24, 2.45) is 0 Å². The van der Waals surface area contributed by atoms with Crippen LogP contribution in [0.1, 0.15) is 105 Å². The minimum Gasteiger partial charge on any atom is -0.0991 e. The van der Waals surface area contributed by atoms with Gasteiger partial charge in [0.15, 0.2) is 0 Å². The van der Waals surface area contributed by atoms with Gasteiger partial charge < -0.3 is 0 Å². The third-order valence-electron chi connectivity index (χ3n) is 7.67. The average molecular weight is 651 g/mol. The molecule has 0 nitrogen and oxygen atoms in total. The molecule has 0 heterocycles. The molecule has 0 bridgehead atoms. The molecule has 0 spiro atoms. The molecule has 0 saturated carbocycles. The van der Waals surface area contributed by atoms with Gasteiger partial charge >= 0.3 is 0 Å². The molecule has 0 saturated heterocycles. The first kappa shape index (κ1) is 42.3. The van der Waals surface area contributed by atoms with E-state index < -0.39 is 0 Å². The van der Waals surface area contributed by atoms with Gasteiger partial charge in [0.2, 0.25) is 0 Å². The summed E-state index contributed by atoms with van der Waals surface area (Å²) in [6.45, 7) is 28.6. The van der Waals surface area contributed by atoms with Crippen molar-refractivity contribution in [2.75, 3.05) is 0 Å². The fourth-order valence-electron chi connectivity index (χ4n) is 5.56. The van der Waals surface area contributed by atoms with Crippen LogP contribution < -0.4 is 0 Å². The maximum atomic E-state index is 4.07. The summed E-state index contributed by atoms with van der Waals surface area (Å²) >= 11 is 0. The molecule has 0 aliphatic heterocycles. The molecule has 4 aromatic rings. The van der Waals surface area contributed by atoms with Crippen molar-refractivity contribution < 1.29 is 0 Å². The third kappa shape index (κ3) is 12.4. The second-order valence-corrected chi connectivity index (χ2v) is 10.7. The van der Waals surface area contributed by atoms with E-state index in [0.717, 1.165) is 19.3 Å². The molecule has 0 radical (unpaired) electrons. The van der Waals surface area contributed by atoms with Gasteiger partial charge in [0.05, 0.1) is 0 Å². The smallest absolute Gasteiger partial charge is 0.0171 e.